The van der Waals surface area contributed by atoms with Gasteiger partial charge in [-0.1, -0.05) is 48.5 Å². The highest BCUT2D eigenvalue weighted by Crippen LogP contribution is 2.26. The number of nitrogens with zero attached hydrogens (tertiary/aromatic N) is 1. The van der Waals surface area contributed by atoms with Crippen molar-refractivity contribution in [2.75, 3.05) is 13.6 Å². The van der Waals surface area contributed by atoms with Crippen LogP contribution in [0.4, 0.5) is 4.79 Å². The molecule has 28 heavy (non-hydrogen) atoms. The van der Waals surface area contributed by atoms with Gasteiger partial charge in [-0.15, -0.1) is 0 Å². The van der Waals surface area contributed by atoms with Gasteiger partial charge in [0.1, 0.15) is 0 Å². The lowest BCUT2D eigenvalue weighted by molar-refractivity contribution is -0.148. The maximum Gasteiger partial charge on any atom is 0.405 e. The summed E-state index contributed by atoms with van der Waals surface area (Å²) in [6, 6.07) is 17.7. The van der Waals surface area contributed by atoms with Crippen LogP contribution in [0.3, 0.4) is 0 Å². The van der Waals surface area contributed by atoms with E-state index in [1.165, 1.54) is 0 Å². The Kier molecular flexibility index (Phi) is 5.68. The molecular weight excluding hydrogens is 354 g/mol. The fraction of sp³-hybridized carbons (Fsp3) is 0.273. The van der Waals surface area contributed by atoms with Crippen molar-refractivity contribution >= 4 is 22.9 Å². The minimum Gasteiger partial charge on any atom is -0.433 e. The number of fused-ring (bicyclic) bond motifs is 1. The first-order valence-corrected chi connectivity index (χ1v) is 9.22. The third-order valence-electron chi connectivity index (χ3n) is 4.91. The molecule has 146 valence electrons. The van der Waals surface area contributed by atoms with E-state index in [1.54, 1.807) is 18.9 Å². The molecule has 3 N–H and O–H groups in total. The second-order valence-corrected chi connectivity index (χ2v) is 7.15. The maximum atomic E-state index is 13.2. The fourth-order valence-electron chi connectivity index (χ4n) is 3.47. The van der Waals surface area contributed by atoms with Crippen LogP contribution >= 0.6 is 0 Å². The number of benzene rings is 2. The minimum absolute atomic E-state index is 0.231. The maximum absolute atomic E-state index is 13.2. The predicted octanol–water partition coefficient (Wildman–Crippen LogP) is 3.27. The van der Waals surface area contributed by atoms with Crippen LogP contribution in [-0.4, -0.2) is 41.1 Å². The van der Waals surface area contributed by atoms with Crippen molar-refractivity contribution in [1.82, 2.24) is 9.88 Å². The lowest BCUT2D eigenvalue weighted by Crippen LogP contribution is -2.51. The van der Waals surface area contributed by atoms with Gasteiger partial charge >= 0.3 is 6.09 Å². The van der Waals surface area contributed by atoms with Gasteiger partial charge in [-0.05, 0) is 30.5 Å². The lowest BCUT2D eigenvalue weighted by atomic mass is 9.94. The largest absolute Gasteiger partial charge is 0.433 e. The average Bonchev–Trinajstić information content (AvgIpc) is 3.08. The summed E-state index contributed by atoms with van der Waals surface area (Å²) in [5.41, 5.74) is 6.89. The third-order valence-corrected chi connectivity index (χ3v) is 4.91. The molecule has 0 spiro atoms. The van der Waals surface area contributed by atoms with Gasteiger partial charge < -0.3 is 20.4 Å². The Morgan fingerprint density at radius 2 is 1.79 bits per heavy atom. The number of carbonyl (C=O) groups is 2. The van der Waals surface area contributed by atoms with E-state index in [2.05, 4.69) is 4.98 Å². The van der Waals surface area contributed by atoms with Crippen molar-refractivity contribution < 1.29 is 14.3 Å². The number of amides is 2. The predicted molar refractivity (Wildman–Crippen MR) is 109 cm³/mol. The minimum atomic E-state index is -1.39. The smallest absolute Gasteiger partial charge is 0.405 e. The van der Waals surface area contributed by atoms with Crippen molar-refractivity contribution in [2.24, 2.45) is 5.73 Å². The molecule has 2 amide bonds. The van der Waals surface area contributed by atoms with Gasteiger partial charge in [-0.25, -0.2) is 4.79 Å². The van der Waals surface area contributed by atoms with Crippen molar-refractivity contribution in [2.45, 2.75) is 25.4 Å². The fourth-order valence-corrected chi connectivity index (χ4v) is 3.47. The molecule has 0 radical (unpaired) electrons. The number of rotatable bonds is 7. The zero-order chi connectivity index (χ0) is 20.1. The molecule has 0 bridgehead atoms. The number of hydrogen-bond acceptors (Lipinski definition) is 3. The van der Waals surface area contributed by atoms with Crippen LogP contribution in [0.2, 0.25) is 0 Å². The summed E-state index contributed by atoms with van der Waals surface area (Å²) in [5, 5.41) is 0.988. The SMILES string of the molecule is CN(CCc1ccccc1)C(=O)C(C)(Cc1c[nH]c2ccccc12)OC(N)=O. The number of aromatic nitrogens is 1. The molecule has 0 aliphatic heterocycles. The van der Waals surface area contributed by atoms with Crippen molar-refractivity contribution in [3.8, 4) is 0 Å². The summed E-state index contributed by atoms with van der Waals surface area (Å²) in [5.74, 6) is -0.285. The molecule has 0 fully saturated rings. The number of hydrogen-bond donors (Lipinski definition) is 2. The molecule has 3 rings (SSSR count). The number of nitrogens with two attached hydrogens (primary N) is 1. The van der Waals surface area contributed by atoms with Crippen molar-refractivity contribution in [3.63, 3.8) is 0 Å². The number of nitrogens with one attached hydrogen (secondary N) is 1. The molecule has 6 nitrogen and oxygen atoms in total. The highest BCUT2D eigenvalue weighted by Gasteiger charge is 2.40. The van der Waals surface area contributed by atoms with Gasteiger partial charge in [0.05, 0.1) is 0 Å². The third kappa shape index (κ3) is 4.34. The van der Waals surface area contributed by atoms with Crippen LogP contribution in [0.1, 0.15) is 18.1 Å². The normalized spacial score (nSPS) is 13.1. The quantitative estimate of drug-likeness (QED) is 0.660. The average molecular weight is 379 g/mol. The summed E-state index contributed by atoms with van der Waals surface area (Å²) < 4.78 is 5.33. The Morgan fingerprint density at radius 1 is 1.11 bits per heavy atom. The van der Waals surface area contributed by atoms with Crippen LogP contribution in [0.5, 0.6) is 0 Å². The molecule has 0 saturated carbocycles. The molecular formula is C22H25N3O3. The molecule has 1 aromatic heterocycles. The molecule has 2 aromatic carbocycles. The van der Waals surface area contributed by atoms with Crippen LogP contribution in [0.15, 0.2) is 60.8 Å². The second-order valence-electron chi connectivity index (χ2n) is 7.15. The van der Waals surface area contributed by atoms with Crippen LogP contribution in [-0.2, 0) is 22.4 Å². The van der Waals surface area contributed by atoms with E-state index < -0.39 is 11.7 Å². The van der Waals surface area contributed by atoms with E-state index in [4.69, 9.17) is 10.5 Å². The van der Waals surface area contributed by atoms with Gasteiger partial charge in [0.2, 0.25) is 0 Å². The van der Waals surface area contributed by atoms with Crippen LogP contribution in [0, 0.1) is 0 Å². The Balaban J connectivity index is 1.79. The number of H-pyrrole nitrogens is 1. The number of carbonyl (C=O) groups excluding carboxylic acids is 2. The van der Waals surface area contributed by atoms with E-state index in [9.17, 15) is 9.59 Å². The van der Waals surface area contributed by atoms with E-state index in [0.29, 0.717) is 13.0 Å². The summed E-state index contributed by atoms with van der Waals surface area (Å²) in [6.45, 7) is 2.12. The van der Waals surface area contributed by atoms with Crippen molar-refractivity contribution in [3.05, 3.63) is 71.9 Å². The zero-order valence-electron chi connectivity index (χ0n) is 16.1. The molecule has 1 atom stereocenters. The second kappa shape index (κ2) is 8.17. The first-order valence-electron chi connectivity index (χ1n) is 9.22. The molecule has 0 aliphatic carbocycles. The van der Waals surface area contributed by atoms with E-state index >= 15 is 0 Å². The highest BCUT2D eigenvalue weighted by molar-refractivity contribution is 5.89. The monoisotopic (exact) mass is 379 g/mol. The Hall–Kier alpha value is -3.28. The molecule has 1 heterocycles. The number of primary amides is 1. The molecule has 6 heteroatoms. The lowest BCUT2D eigenvalue weighted by Gasteiger charge is -2.32. The topological polar surface area (TPSA) is 88.4 Å². The Labute approximate surface area is 164 Å². The van der Waals surface area contributed by atoms with Gasteiger partial charge in [0, 0.05) is 37.1 Å². The number of ether oxygens (including phenoxy) is 1. The summed E-state index contributed by atoms with van der Waals surface area (Å²) in [7, 11) is 1.71. The Bertz CT molecular complexity index is 967. The van der Waals surface area contributed by atoms with Crippen LogP contribution in [0.25, 0.3) is 10.9 Å². The number of likely N-dealkylation sites (N-methyl/N-ethyl adjacent to an activating group) is 1. The summed E-state index contributed by atoms with van der Waals surface area (Å²) in [4.78, 5) is 29.5. The van der Waals surface area contributed by atoms with Crippen molar-refractivity contribution in [1.29, 1.82) is 0 Å². The van der Waals surface area contributed by atoms with E-state index in [-0.39, 0.29) is 12.3 Å². The zero-order valence-corrected chi connectivity index (χ0v) is 16.1. The molecule has 1 unspecified atom stereocenters. The van der Waals surface area contributed by atoms with Gasteiger partial charge in [-0.2, -0.15) is 0 Å². The van der Waals surface area contributed by atoms with Crippen LogP contribution < -0.4 is 5.73 Å². The first-order chi connectivity index (χ1) is 13.4. The van der Waals surface area contributed by atoms with E-state index in [0.717, 1.165) is 22.0 Å². The standard InChI is InChI=1S/C22H25N3O3/c1-22(28-21(23)27,14-17-15-24-19-11-7-6-10-18(17)19)20(26)25(2)13-12-16-8-4-3-5-9-16/h3-11,15,24H,12-14H2,1-2H3,(H2,23,27). The number of para-hydroxylation sites is 1. The molecule has 0 saturated heterocycles. The van der Waals surface area contributed by atoms with Gasteiger partial charge in [-0.3, -0.25) is 4.79 Å². The molecule has 3 aromatic rings. The highest BCUT2D eigenvalue weighted by atomic mass is 16.6. The van der Waals surface area contributed by atoms with Gasteiger partial charge in [0.15, 0.2) is 5.60 Å². The summed E-state index contributed by atoms with van der Waals surface area (Å²) in [6.07, 6.45) is 1.81. The molecule has 0 aliphatic rings. The Morgan fingerprint density at radius 3 is 2.50 bits per heavy atom. The van der Waals surface area contributed by atoms with Gasteiger partial charge in [0.25, 0.3) is 5.91 Å². The summed E-state index contributed by atoms with van der Waals surface area (Å²) >= 11 is 0. The number of aromatic amines is 1. The van der Waals surface area contributed by atoms with E-state index in [1.807, 2.05) is 60.8 Å². The first kappa shape index (κ1) is 19.5.